The van der Waals surface area contributed by atoms with Crippen molar-refractivity contribution in [3.05, 3.63) is 28.2 Å². The highest BCUT2D eigenvalue weighted by molar-refractivity contribution is 9.10. The van der Waals surface area contributed by atoms with Gasteiger partial charge < -0.3 is 4.74 Å². The van der Waals surface area contributed by atoms with E-state index in [-0.39, 0.29) is 0 Å². The fraction of sp³-hybridized carbons (Fsp3) is 0.462. The van der Waals surface area contributed by atoms with Crippen LogP contribution < -0.4 is 4.74 Å². The van der Waals surface area contributed by atoms with Crippen molar-refractivity contribution in [2.24, 2.45) is 0 Å². The lowest BCUT2D eigenvalue weighted by Crippen LogP contribution is -2.34. The minimum absolute atomic E-state index is 0.351. The molecule has 2 rings (SSSR count). The molecule has 3 nitrogen and oxygen atoms in total. The van der Waals surface area contributed by atoms with E-state index in [0.29, 0.717) is 12.3 Å². The third-order valence-corrected chi connectivity index (χ3v) is 3.57. The first-order valence-electron chi connectivity index (χ1n) is 5.75. The summed E-state index contributed by atoms with van der Waals surface area (Å²) in [6.45, 7) is 2.42. The molecule has 92 valence electrons. The summed E-state index contributed by atoms with van der Waals surface area (Å²) in [6, 6.07) is 6.05. The number of piperidine rings is 1. The molecule has 0 saturated carbocycles. The van der Waals surface area contributed by atoms with Crippen LogP contribution in [0.15, 0.2) is 22.7 Å². The normalized spacial score (nSPS) is 17.2. The molecular weight excluding hydrogens is 282 g/mol. The van der Waals surface area contributed by atoms with Gasteiger partial charge in [0, 0.05) is 13.0 Å². The average Bonchev–Trinajstić information content (AvgIpc) is 2.29. The Morgan fingerprint density at radius 1 is 1.47 bits per heavy atom. The lowest BCUT2D eigenvalue weighted by Gasteiger charge is -2.25. The van der Waals surface area contributed by atoms with E-state index >= 15 is 0 Å². The van der Waals surface area contributed by atoms with Crippen LogP contribution in [0.2, 0.25) is 0 Å². The van der Waals surface area contributed by atoms with E-state index in [1.807, 2.05) is 12.1 Å². The van der Waals surface area contributed by atoms with Crippen LogP contribution in [0, 0.1) is 0 Å². The van der Waals surface area contributed by atoms with E-state index in [1.54, 1.807) is 7.11 Å². The molecule has 0 atom stereocenters. The van der Waals surface area contributed by atoms with Gasteiger partial charge in [0.2, 0.25) is 0 Å². The molecule has 0 N–H and O–H groups in total. The molecule has 4 heteroatoms. The number of hydrogen-bond acceptors (Lipinski definition) is 3. The Kier molecular flexibility index (Phi) is 4.18. The Labute approximate surface area is 110 Å². The molecule has 0 spiro atoms. The predicted octanol–water partition coefficient (Wildman–Crippen LogP) is 2.62. The molecule has 1 heterocycles. The molecular formula is C13H16BrNO2. The SMILES string of the molecule is COc1ccc(CN2CCCC(=O)C2)cc1Br. The summed E-state index contributed by atoms with van der Waals surface area (Å²) in [6.07, 6.45) is 1.72. The van der Waals surface area contributed by atoms with Gasteiger partial charge in [-0.05, 0) is 46.6 Å². The van der Waals surface area contributed by atoms with Gasteiger partial charge in [-0.15, -0.1) is 0 Å². The quantitative estimate of drug-likeness (QED) is 0.859. The minimum Gasteiger partial charge on any atom is -0.496 e. The summed E-state index contributed by atoms with van der Waals surface area (Å²) in [5, 5.41) is 0. The van der Waals surface area contributed by atoms with Gasteiger partial charge in [-0.25, -0.2) is 0 Å². The fourth-order valence-corrected chi connectivity index (χ4v) is 2.70. The monoisotopic (exact) mass is 297 g/mol. The third-order valence-electron chi connectivity index (χ3n) is 2.95. The van der Waals surface area contributed by atoms with Crippen LogP contribution in [-0.2, 0) is 11.3 Å². The van der Waals surface area contributed by atoms with E-state index in [2.05, 4.69) is 26.9 Å². The van der Waals surface area contributed by atoms with Crippen molar-refractivity contribution in [2.45, 2.75) is 19.4 Å². The van der Waals surface area contributed by atoms with E-state index in [9.17, 15) is 4.79 Å². The van der Waals surface area contributed by atoms with Crippen molar-refractivity contribution in [3.8, 4) is 5.75 Å². The Balaban J connectivity index is 2.03. The number of Topliss-reactive ketones (excluding diaryl/α,β-unsaturated/α-hetero) is 1. The molecule has 0 bridgehead atoms. The number of hydrogen-bond donors (Lipinski definition) is 0. The van der Waals surface area contributed by atoms with Gasteiger partial charge in [-0.1, -0.05) is 6.07 Å². The van der Waals surface area contributed by atoms with Crippen molar-refractivity contribution in [2.75, 3.05) is 20.2 Å². The Bertz CT molecular complexity index is 420. The zero-order valence-corrected chi connectivity index (χ0v) is 11.5. The molecule has 1 aromatic carbocycles. The van der Waals surface area contributed by atoms with Crippen LogP contribution in [-0.4, -0.2) is 30.9 Å². The van der Waals surface area contributed by atoms with Crippen molar-refractivity contribution >= 4 is 21.7 Å². The number of carbonyl (C=O) groups is 1. The minimum atomic E-state index is 0.351. The number of methoxy groups -OCH3 is 1. The summed E-state index contributed by atoms with van der Waals surface area (Å²) in [7, 11) is 1.66. The Morgan fingerprint density at radius 3 is 2.94 bits per heavy atom. The standard InChI is InChI=1S/C13H16BrNO2/c1-17-13-5-4-10(7-12(13)14)8-15-6-2-3-11(16)9-15/h4-5,7H,2-3,6,8-9H2,1H3. The van der Waals surface area contributed by atoms with Crippen LogP contribution in [0.25, 0.3) is 0 Å². The molecule has 0 aromatic heterocycles. The zero-order chi connectivity index (χ0) is 12.3. The first-order valence-corrected chi connectivity index (χ1v) is 6.55. The van der Waals surface area contributed by atoms with E-state index in [4.69, 9.17) is 4.74 Å². The van der Waals surface area contributed by atoms with E-state index < -0.39 is 0 Å². The predicted molar refractivity (Wildman–Crippen MR) is 70.2 cm³/mol. The van der Waals surface area contributed by atoms with Gasteiger partial charge in [-0.3, -0.25) is 9.69 Å². The average molecular weight is 298 g/mol. The Morgan fingerprint density at radius 2 is 2.29 bits per heavy atom. The zero-order valence-electron chi connectivity index (χ0n) is 9.91. The largest absolute Gasteiger partial charge is 0.496 e. The maximum absolute atomic E-state index is 11.4. The molecule has 0 radical (unpaired) electrons. The number of ketones is 1. The molecule has 1 aliphatic heterocycles. The number of ether oxygens (including phenoxy) is 1. The highest BCUT2D eigenvalue weighted by Gasteiger charge is 2.16. The van der Waals surface area contributed by atoms with Crippen molar-refractivity contribution in [1.82, 2.24) is 4.90 Å². The number of nitrogens with zero attached hydrogens (tertiary/aromatic N) is 1. The highest BCUT2D eigenvalue weighted by Crippen LogP contribution is 2.26. The molecule has 0 unspecified atom stereocenters. The van der Waals surface area contributed by atoms with Gasteiger partial charge in [0.1, 0.15) is 11.5 Å². The summed E-state index contributed by atoms with van der Waals surface area (Å²) < 4.78 is 6.15. The molecule has 1 fully saturated rings. The van der Waals surface area contributed by atoms with E-state index in [1.165, 1.54) is 5.56 Å². The van der Waals surface area contributed by atoms with Crippen molar-refractivity contribution in [3.63, 3.8) is 0 Å². The fourth-order valence-electron chi connectivity index (χ4n) is 2.11. The first-order chi connectivity index (χ1) is 8.19. The molecule has 1 aromatic rings. The van der Waals surface area contributed by atoms with E-state index in [0.717, 1.165) is 36.2 Å². The number of benzene rings is 1. The Hall–Kier alpha value is -0.870. The number of rotatable bonds is 3. The summed E-state index contributed by atoms with van der Waals surface area (Å²) in [5.74, 6) is 1.19. The molecule has 17 heavy (non-hydrogen) atoms. The van der Waals surface area contributed by atoms with Crippen LogP contribution in [0.4, 0.5) is 0 Å². The number of carbonyl (C=O) groups excluding carboxylic acids is 1. The highest BCUT2D eigenvalue weighted by atomic mass is 79.9. The maximum atomic E-state index is 11.4. The van der Waals surface area contributed by atoms with Crippen LogP contribution in [0.1, 0.15) is 18.4 Å². The lowest BCUT2D eigenvalue weighted by atomic mass is 10.1. The molecule has 0 aliphatic carbocycles. The molecule has 1 aliphatic rings. The topological polar surface area (TPSA) is 29.5 Å². The van der Waals surface area contributed by atoms with Gasteiger partial charge in [0.05, 0.1) is 18.1 Å². The second kappa shape index (κ2) is 5.65. The van der Waals surface area contributed by atoms with Crippen LogP contribution in [0.3, 0.4) is 0 Å². The van der Waals surface area contributed by atoms with Crippen molar-refractivity contribution in [1.29, 1.82) is 0 Å². The second-order valence-corrected chi connectivity index (χ2v) is 5.18. The lowest BCUT2D eigenvalue weighted by molar-refractivity contribution is -0.122. The van der Waals surface area contributed by atoms with Crippen LogP contribution >= 0.6 is 15.9 Å². The molecule has 1 saturated heterocycles. The maximum Gasteiger partial charge on any atom is 0.146 e. The molecule has 0 amide bonds. The smallest absolute Gasteiger partial charge is 0.146 e. The van der Waals surface area contributed by atoms with Gasteiger partial charge >= 0.3 is 0 Å². The summed E-state index contributed by atoms with van der Waals surface area (Å²) in [4.78, 5) is 13.6. The second-order valence-electron chi connectivity index (χ2n) is 4.32. The number of halogens is 1. The van der Waals surface area contributed by atoms with Gasteiger partial charge in [0.15, 0.2) is 0 Å². The first kappa shape index (κ1) is 12.6. The summed E-state index contributed by atoms with van der Waals surface area (Å²) in [5.41, 5.74) is 1.20. The van der Waals surface area contributed by atoms with Gasteiger partial charge in [-0.2, -0.15) is 0 Å². The summed E-state index contributed by atoms with van der Waals surface area (Å²) >= 11 is 3.47. The number of likely N-dealkylation sites (tertiary alicyclic amines) is 1. The van der Waals surface area contributed by atoms with Crippen molar-refractivity contribution < 1.29 is 9.53 Å². The third kappa shape index (κ3) is 3.30. The van der Waals surface area contributed by atoms with Gasteiger partial charge in [0.25, 0.3) is 0 Å². The van der Waals surface area contributed by atoms with Crippen LogP contribution in [0.5, 0.6) is 5.75 Å².